The maximum Gasteiger partial charge on any atom is 0.519 e. The third-order valence-corrected chi connectivity index (χ3v) is 3.83. The lowest BCUT2D eigenvalue weighted by Gasteiger charge is -2.07. The van der Waals surface area contributed by atoms with Gasteiger partial charge in [-0.15, -0.1) is 0 Å². The van der Waals surface area contributed by atoms with Gasteiger partial charge in [-0.3, -0.25) is 0 Å². The van der Waals surface area contributed by atoms with Crippen molar-refractivity contribution in [1.29, 1.82) is 0 Å². The van der Waals surface area contributed by atoms with Gasteiger partial charge in [0.15, 0.2) is 0 Å². The van der Waals surface area contributed by atoms with Crippen molar-refractivity contribution in [3.05, 3.63) is 84.4 Å². The van der Waals surface area contributed by atoms with E-state index in [1.54, 1.807) is 24.3 Å². The molecule has 126 valence electrons. The number of hydrogen-bond acceptors (Lipinski definition) is 3. The molecule has 0 fully saturated rings. The second-order valence-electron chi connectivity index (χ2n) is 5.74. The summed E-state index contributed by atoms with van der Waals surface area (Å²) >= 11 is 0. The number of carbonyl (C=O) groups excluding carboxylic acids is 1. The zero-order valence-electron chi connectivity index (χ0n) is 14.1. The molecule has 3 rings (SSSR count). The highest BCUT2D eigenvalue weighted by atomic mass is 16.7. The fourth-order valence-electron chi connectivity index (χ4n) is 2.57. The van der Waals surface area contributed by atoms with Gasteiger partial charge in [-0.1, -0.05) is 67.9 Å². The molecule has 0 aliphatic heterocycles. The Bertz CT molecular complexity index is 806. The van der Waals surface area contributed by atoms with E-state index in [0.717, 1.165) is 24.0 Å². The predicted octanol–water partition coefficient (Wildman–Crippen LogP) is 5.88. The maximum atomic E-state index is 11.9. The van der Waals surface area contributed by atoms with Crippen molar-refractivity contribution in [2.45, 2.75) is 19.8 Å². The average molecular weight is 332 g/mol. The standard InChI is InChI=1S/C22H20O3/c1-2-6-17-9-13-20(14-10-17)24-22(23)25-21-15-11-19(12-16-21)18-7-4-3-5-8-18/h3-5,7-16H,2,6H2,1H3. The Labute approximate surface area is 147 Å². The zero-order valence-corrected chi connectivity index (χ0v) is 14.1. The smallest absolute Gasteiger partial charge is 0.395 e. The van der Waals surface area contributed by atoms with Gasteiger partial charge in [0, 0.05) is 0 Å². The van der Waals surface area contributed by atoms with Crippen molar-refractivity contribution in [2.24, 2.45) is 0 Å². The highest BCUT2D eigenvalue weighted by Crippen LogP contribution is 2.22. The van der Waals surface area contributed by atoms with E-state index in [0.29, 0.717) is 11.5 Å². The van der Waals surface area contributed by atoms with Gasteiger partial charge in [-0.05, 0) is 47.4 Å². The molecule has 3 heteroatoms. The van der Waals surface area contributed by atoms with Crippen LogP contribution >= 0.6 is 0 Å². The first-order valence-electron chi connectivity index (χ1n) is 8.38. The normalized spacial score (nSPS) is 10.3. The van der Waals surface area contributed by atoms with Crippen LogP contribution in [-0.4, -0.2) is 6.16 Å². The molecular weight excluding hydrogens is 312 g/mol. The Balaban J connectivity index is 1.59. The van der Waals surface area contributed by atoms with Crippen LogP contribution in [0.15, 0.2) is 78.9 Å². The van der Waals surface area contributed by atoms with Gasteiger partial charge in [0.1, 0.15) is 11.5 Å². The fourth-order valence-corrected chi connectivity index (χ4v) is 2.57. The number of hydrogen-bond donors (Lipinski definition) is 0. The summed E-state index contributed by atoms with van der Waals surface area (Å²) in [5, 5.41) is 0. The summed E-state index contributed by atoms with van der Waals surface area (Å²) in [5.74, 6) is 0.929. The molecule has 0 N–H and O–H groups in total. The number of ether oxygens (including phenoxy) is 2. The molecule has 0 unspecified atom stereocenters. The summed E-state index contributed by atoms with van der Waals surface area (Å²) in [5.41, 5.74) is 3.40. The molecule has 3 nitrogen and oxygen atoms in total. The summed E-state index contributed by atoms with van der Waals surface area (Å²) < 4.78 is 10.4. The lowest BCUT2D eigenvalue weighted by molar-refractivity contribution is 0.152. The molecular formula is C22H20O3. The third-order valence-electron chi connectivity index (χ3n) is 3.83. The van der Waals surface area contributed by atoms with Crippen LogP contribution in [0.25, 0.3) is 11.1 Å². The molecule has 0 atom stereocenters. The van der Waals surface area contributed by atoms with Crippen LogP contribution in [0.1, 0.15) is 18.9 Å². The summed E-state index contributed by atoms with van der Waals surface area (Å²) in [6.45, 7) is 2.13. The van der Waals surface area contributed by atoms with E-state index >= 15 is 0 Å². The minimum atomic E-state index is -0.740. The lowest BCUT2D eigenvalue weighted by Crippen LogP contribution is -2.13. The van der Waals surface area contributed by atoms with Crippen molar-refractivity contribution < 1.29 is 14.3 Å². The largest absolute Gasteiger partial charge is 0.519 e. The van der Waals surface area contributed by atoms with Crippen molar-refractivity contribution in [3.63, 3.8) is 0 Å². The fraction of sp³-hybridized carbons (Fsp3) is 0.136. The van der Waals surface area contributed by atoms with E-state index in [4.69, 9.17) is 9.47 Å². The molecule has 0 heterocycles. The molecule has 3 aromatic carbocycles. The van der Waals surface area contributed by atoms with Gasteiger partial charge in [-0.2, -0.15) is 0 Å². The number of carbonyl (C=O) groups is 1. The molecule has 0 aliphatic rings. The molecule has 3 aromatic rings. The van der Waals surface area contributed by atoms with Crippen molar-refractivity contribution >= 4 is 6.16 Å². The lowest BCUT2D eigenvalue weighted by atomic mass is 10.1. The number of benzene rings is 3. The maximum absolute atomic E-state index is 11.9. The SMILES string of the molecule is CCCc1ccc(OC(=O)Oc2ccc(-c3ccccc3)cc2)cc1. The van der Waals surface area contributed by atoms with E-state index in [1.165, 1.54) is 5.56 Å². The summed E-state index contributed by atoms with van der Waals surface area (Å²) in [4.78, 5) is 11.9. The molecule has 0 aromatic heterocycles. The summed E-state index contributed by atoms with van der Waals surface area (Å²) in [7, 11) is 0. The van der Waals surface area contributed by atoms with E-state index in [9.17, 15) is 4.79 Å². The summed E-state index contributed by atoms with van der Waals surface area (Å²) in [6.07, 6.45) is 1.36. The first kappa shape index (κ1) is 16.8. The molecule has 0 aliphatic carbocycles. The van der Waals surface area contributed by atoms with Crippen molar-refractivity contribution in [3.8, 4) is 22.6 Å². The van der Waals surface area contributed by atoms with Crippen LogP contribution in [-0.2, 0) is 6.42 Å². The Kier molecular flexibility index (Phi) is 5.47. The van der Waals surface area contributed by atoms with Gasteiger partial charge in [0.25, 0.3) is 0 Å². The minimum absolute atomic E-state index is 0.451. The Morgan fingerprint density at radius 1 is 0.720 bits per heavy atom. The topological polar surface area (TPSA) is 35.5 Å². The van der Waals surface area contributed by atoms with Crippen molar-refractivity contribution in [1.82, 2.24) is 0 Å². The molecule has 0 radical (unpaired) electrons. The number of aryl methyl sites for hydroxylation is 1. The van der Waals surface area contributed by atoms with E-state index in [1.807, 2.05) is 54.6 Å². The highest BCUT2D eigenvalue weighted by Gasteiger charge is 2.08. The van der Waals surface area contributed by atoms with Gasteiger partial charge in [0.05, 0.1) is 0 Å². The first-order chi connectivity index (χ1) is 12.2. The van der Waals surface area contributed by atoms with E-state index in [2.05, 4.69) is 6.92 Å². The Hall–Kier alpha value is -3.07. The van der Waals surface area contributed by atoms with Gasteiger partial charge in [-0.25, -0.2) is 4.79 Å². The third kappa shape index (κ3) is 4.70. The Morgan fingerprint density at radius 3 is 1.80 bits per heavy atom. The van der Waals surface area contributed by atoms with Gasteiger partial charge >= 0.3 is 6.16 Å². The average Bonchev–Trinajstić information content (AvgIpc) is 2.65. The van der Waals surface area contributed by atoms with Gasteiger partial charge in [0.2, 0.25) is 0 Å². The quantitative estimate of drug-likeness (QED) is 0.432. The molecule has 0 saturated heterocycles. The molecule has 0 saturated carbocycles. The van der Waals surface area contributed by atoms with Gasteiger partial charge < -0.3 is 9.47 Å². The predicted molar refractivity (Wildman–Crippen MR) is 99.0 cm³/mol. The van der Waals surface area contributed by atoms with Crippen LogP contribution in [0.5, 0.6) is 11.5 Å². The van der Waals surface area contributed by atoms with Crippen LogP contribution in [0.4, 0.5) is 4.79 Å². The molecule has 25 heavy (non-hydrogen) atoms. The molecule has 0 amide bonds. The van der Waals surface area contributed by atoms with Crippen LogP contribution < -0.4 is 9.47 Å². The van der Waals surface area contributed by atoms with Crippen LogP contribution in [0.3, 0.4) is 0 Å². The first-order valence-corrected chi connectivity index (χ1v) is 8.38. The zero-order chi connectivity index (χ0) is 17.5. The van der Waals surface area contributed by atoms with Crippen LogP contribution in [0.2, 0.25) is 0 Å². The van der Waals surface area contributed by atoms with Crippen molar-refractivity contribution in [2.75, 3.05) is 0 Å². The molecule has 0 spiro atoms. The second-order valence-corrected chi connectivity index (χ2v) is 5.74. The van der Waals surface area contributed by atoms with E-state index in [-0.39, 0.29) is 0 Å². The van der Waals surface area contributed by atoms with Crippen LogP contribution in [0, 0.1) is 0 Å². The Morgan fingerprint density at radius 2 is 1.24 bits per heavy atom. The van der Waals surface area contributed by atoms with E-state index < -0.39 is 6.16 Å². The second kappa shape index (κ2) is 8.15. The summed E-state index contributed by atoms with van der Waals surface area (Å²) in [6, 6.07) is 24.9. The monoisotopic (exact) mass is 332 g/mol. The minimum Gasteiger partial charge on any atom is -0.395 e. The molecule has 0 bridgehead atoms. The number of rotatable bonds is 5. The highest BCUT2D eigenvalue weighted by molar-refractivity contribution is 5.68.